The molecule has 0 atom stereocenters. The van der Waals surface area contributed by atoms with E-state index >= 15 is 0 Å². The van der Waals surface area contributed by atoms with E-state index in [0.29, 0.717) is 30.7 Å². The number of pyridine rings is 1. The average molecular weight is 428 g/mol. The molecular formula is C22H26ClN5O2. The third kappa shape index (κ3) is 4.80. The minimum absolute atomic E-state index is 0.375. The molecule has 0 fully saturated rings. The Kier molecular flexibility index (Phi) is 7.43. The van der Waals surface area contributed by atoms with Gasteiger partial charge in [0.2, 0.25) is 5.88 Å². The zero-order valence-electron chi connectivity index (χ0n) is 17.6. The first-order valence-electron chi connectivity index (χ1n) is 9.86. The lowest BCUT2D eigenvalue weighted by Gasteiger charge is -2.15. The Balaban J connectivity index is 0.00000124. The Hall–Kier alpha value is -2.90. The molecule has 3 heterocycles. The number of hydrogen-bond donors (Lipinski definition) is 1. The highest BCUT2D eigenvalue weighted by molar-refractivity contribution is 6.31. The van der Waals surface area contributed by atoms with Crippen LogP contribution in [0.5, 0.6) is 5.88 Å². The Bertz CT molecular complexity index is 1020. The standard InChI is InChI=1S/C20H20ClN5O2.C2H6/c1-13(11-28-19-5-3-4-8-22-19)17-10-26-18(12-27-2)24-25-20(26)15-9-14(21)6-7-16(15)23-17;1-2/h3-9,23H,10-12H2,1-2H3;1-2H3/b17-13+;. The van der Waals surface area contributed by atoms with Crippen molar-refractivity contribution in [2.75, 3.05) is 19.0 Å². The number of nitrogens with zero attached hydrogens (tertiary/aromatic N) is 4. The fourth-order valence-corrected chi connectivity index (χ4v) is 3.22. The summed E-state index contributed by atoms with van der Waals surface area (Å²) in [5, 5.41) is 12.8. The second-order valence-corrected chi connectivity index (χ2v) is 6.93. The molecule has 1 aromatic carbocycles. The molecule has 0 radical (unpaired) electrons. The van der Waals surface area contributed by atoms with Gasteiger partial charge in [-0.1, -0.05) is 31.5 Å². The van der Waals surface area contributed by atoms with Crippen molar-refractivity contribution in [2.45, 2.75) is 33.9 Å². The number of anilines is 1. The van der Waals surface area contributed by atoms with E-state index in [2.05, 4.69) is 20.5 Å². The van der Waals surface area contributed by atoms with Crippen LogP contribution in [-0.2, 0) is 17.9 Å². The van der Waals surface area contributed by atoms with Gasteiger partial charge in [0.05, 0.1) is 6.54 Å². The van der Waals surface area contributed by atoms with E-state index in [4.69, 9.17) is 21.1 Å². The van der Waals surface area contributed by atoms with Crippen LogP contribution >= 0.6 is 11.6 Å². The maximum atomic E-state index is 6.23. The second kappa shape index (κ2) is 10.2. The molecule has 0 aliphatic carbocycles. The zero-order valence-corrected chi connectivity index (χ0v) is 18.4. The number of halogens is 1. The van der Waals surface area contributed by atoms with Crippen molar-refractivity contribution in [3.05, 3.63) is 64.7 Å². The van der Waals surface area contributed by atoms with Crippen LogP contribution in [-0.4, -0.2) is 33.5 Å². The maximum Gasteiger partial charge on any atom is 0.213 e. The molecular weight excluding hydrogens is 402 g/mol. The predicted molar refractivity (Wildman–Crippen MR) is 119 cm³/mol. The average Bonchev–Trinajstić information content (AvgIpc) is 3.09. The van der Waals surface area contributed by atoms with Gasteiger partial charge in [0.15, 0.2) is 11.6 Å². The van der Waals surface area contributed by atoms with E-state index in [1.165, 1.54) is 0 Å². The molecule has 8 heteroatoms. The van der Waals surface area contributed by atoms with Crippen molar-refractivity contribution in [2.24, 2.45) is 0 Å². The largest absolute Gasteiger partial charge is 0.473 e. The van der Waals surface area contributed by atoms with Crippen LogP contribution in [0.1, 0.15) is 26.6 Å². The van der Waals surface area contributed by atoms with E-state index in [1.807, 2.05) is 61.7 Å². The molecule has 0 unspecified atom stereocenters. The summed E-state index contributed by atoms with van der Waals surface area (Å²) in [5.74, 6) is 2.10. The normalized spacial score (nSPS) is 13.8. The van der Waals surface area contributed by atoms with E-state index in [9.17, 15) is 0 Å². The minimum Gasteiger partial charge on any atom is -0.473 e. The van der Waals surface area contributed by atoms with Crippen molar-refractivity contribution in [1.82, 2.24) is 19.7 Å². The summed E-state index contributed by atoms with van der Waals surface area (Å²) in [6.07, 6.45) is 1.71. The summed E-state index contributed by atoms with van der Waals surface area (Å²) < 4.78 is 13.1. The molecule has 0 saturated heterocycles. The Morgan fingerprint density at radius 2 is 2.03 bits per heavy atom. The van der Waals surface area contributed by atoms with Crippen LogP contribution in [0.15, 0.2) is 53.9 Å². The predicted octanol–water partition coefficient (Wildman–Crippen LogP) is 4.94. The highest BCUT2D eigenvalue weighted by atomic mass is 35.5. The second-order valence-electron chi connectivity index (χ2n) is 6.49. The van der Waals surface area contributed by atoms with Crippen molar-refractivity contribution < 1.29 is 9.47 Å². The number of hydrogen-bond acceptors (Lipinski definition) is 6. The summed E-state index contributed by atoms with van der Waals surface area (Å²) in [7, 11) is 1.64. The molecule has 1 aliphatic heterocycles. The topological polar surface area (TPSA) is 74.1 Å². The highest BCUT2D eigenvalue weighted by Gasteiger charge is 2.23. The zero-order chi connectivity index (χ0) is 21.5. The number of allylic oxidation sites excluding steroid dienone is 1. The lowest BCUT2D eigenvalue weighted by Crippen LogP contribution is -2.14. The van der Waals surface area contributed by atoms with Gasteiger partial charge in [0.1, 0.15) is 13.2 Å². The van der Waals surface area contributed by atoms with Crippen LogP contribution in [0.25, 0.3) is 11.4 Å². The molecule has 2 aromatic heterocycles. The molecule has 1 aliphatic rings. The van der Waals surface area contributed by atoms with E-state index in [0.717, 1.165) is 34.2 Å². The van der Waals surface area contributed by atoms with Crippen LogP contribution < -0.4 is 10.1 Å². The Morgan fingerprint density at radius 1 is 1.20 bits per heavy atom. The van der Waals surface area contributed by atoms with Gasteiger partial charge in [-0.25, -0.2) is 4.98 Å². The monoisotopic (exact) mass is 427 g/mol. The van der Waals surface area contributed by atoms with Crippen molar-refractivity contribution >= 4 is 17.3 Å². The van der Waals surface area contributed by atoms with E-state index < -0.39 is 0 Å². The SMILES string of the molecule is CC.COCc1nnc2n1C/C(=C(/C)COc1ccccn1)Nc1ccc(Cl)cc1-2. The summed E-state index contributed by atoms with van der Waals surface area (Å²) in [4.78, 5) is 4.20. The van der Waals surface area contributed by atoms with Crippen LogP contribution in [0.2, 0.25) is 5.02 Å². The molecule has 0 bridgehead atoms. The van der Waals surface area contributed by atoms with Gasteiger partial charge in [-0.15, -0.1) is 10.2 Å². The lowest BCUT2D eigenvalue weighted by atomic mass is 10.1. The summed E-state index contributed by atoms with van der Waals surface area (Å²) in [6.45, 7) is 7.40. The van der Waals surface area contributed by atoms with Gasteiger partial charge in [0.25, 0.3) is 0 Å². The lowest BCUT2D eigenvalue weighted by molar-refractivity contribution is 0.174. The molecule has 4 rings (SSSR count). The molecule has 30 heavy (non-hydrogen) atoms. The minimum atomic E-state index is 0.375. The number of rotatable bonds is 5. The number of benzene rings is 1. The van der Waals surface area contributed by atoms with Gasteiger partial charge < -0.3 is 19.4 Å². The van der Waals surface area contributed by atoms with Crippen LogP contribution in [0.3, 0.4) is 0 Å². The summed E-state index contributed by atoms with van der Waals surface area (Å²) >= 11 is 6.23. The molecule has 0 amide bonds. The highest BCUT2D eigenvalue weighted by Crippen LogP contribution is 2.34. The molecule has 158 valence electrons. The van der Waals surface area contributed by atoms with Crippen molar-refractivity contribution in [3.8, 4) is 17.3 Å². The number of aromatic nitrogens is 4. The van der Waals surface area contributed by atoms with E-state index in [1.54, 1.807) is 13.3 Å². The van der Waals surface area contributed by atoms with Gasteiger partial charge >= 0.3 is 0 Å². The van der Waals surface area contributed by atoms with Gasteiger partial charge in [0, 0.05) is 41.3 Å². The van der Waals surface area contributed by atoms with Crippen LogP contribution in [0.4, 0.5) is 5.69 Å². The molecule has 0 saturated carbocycles. The third-order valence-corrected chi connectivity index (χ3v) is 4.75. The first-order valence-corrected chi connectivity index (χ1v) is 10.2. The fraction of sp³-hybridized carbons (Fsp3) is 0.318. The van der Waals surface area contributed by atoms with Gasteiger partial charge in [-0.05, 0) is 36.8 Å². The van der Waals surface area contributed by atoms with Gasteiger partial charge in [-0.3, -0.25) is 0 Å². The molecule has 7 nitrogen and oxygen atoms in total. The molecule has 3 aromatic rings. The van der Waals surface area contributed by atoms with Crippen molar-refractivity contribution in [3.63, 3.8) is 0 Å². The number of ether oxygens (including phenoxy) is 2. The quantitative estimate of drug-likeness (QED) is 0.621. The summed E-state index contributed by atoms with van der Waals surface area (Å²) in [6, 6.07) is 11.3. The number of nitrogens with one attached hydrogen (secondary N) is 1. The van der Waals surface area contributed by atoms with Gasteiger partial charge in [-0.2, -0.15) is 0 Å². The smallest absolute Gasteiger partial charge is 0.213 e. The maximum absolute atomic E-state index is 6.23. The number of fused-ring (bicyclic) bond motifs is 3. The third-order valence-electron chi connectivity index (χ3n) is 4.51. The fourth-order valence-electron chi connectivity index (χ4n) is 3.05. The first kappa shape index (κ1) is 21.8. The molecule has 1 N–H and O–H groups in total. The van der Waals surface area contributed by atoms with E-state index in [-0.39, 0.29) is 0 Å². The van der Waals surface area contributed by atoms with Crippen molar-refractivity contribution in [1.29, 1.82) is 0 Å². The van der Waals surface area contributed by atoms with Crippen LogP contribution in [0, 0.1) is 0 Å². The Morgan fingerprint density at radius 3 is 2.77 bits per heavy atom. The first-order chi connectivity index (χ1) is 14.7. The number of methoxy groups -OCH3 is 1. The molecule has 0 spiro atoms. The Labute approximate surface area is 181 Å². The summed E-state index contributed by atoms with van der Waals surface area (Å²) in [5.41, 5.74) is 3.88.